The van der Waals surface area contributed by atoms with Crippen LogP contribution in [0.1, 0.15) is 36.2 Å². The van der Waals surface area contributed by atoms with E-state index in [1.165, 1.54) is 0 Å². The lowest BCUT2D eigenvalue weighted by Crippen LogP contribution is -2.10. The summed E-state index contributed by atoms with van der Waals surface area (Å²) in [5, 5.41) is 3.73. The number of rotatable bonds is 3. The van der Waals surface area contributed by atoms with E-state index in [0.29, 0.717) is 22.7 Å². The summed E-state index contributed by atoms with van der Waals surface area (Å²) >= 11 is 0. The molecule has 0 aliphatic rings. The zero-order chi connectivity index (χ0) is 16.7. The van der Waals surface area contributed by atoms with Gasteiger partial charge in [-0.05, 0) is 30.3 Å². The molecule has 0 aliphatic heterocycles. The second kappa shape index (κ2) is 5.53. The largest absolute Gasteiger partial charge is 0.451 e. The number of fused-ring (bicyclic) bond motifs is 2. The molecule has 0 atom stereocenters. The monoisotopic (exact) mass is 320 g/mol. The Bertz CT molecular complexity index is 1010. The molecule has 4 aromatic rings. The van der Waals surface area contributed by atoms with Gasteiger partial charge in [-0.3, -0.25) is 4.79 Å². The van der Waals surface area contributed by atoms with Crippen molar-refractivity contribution in [2.75, 3.05) is 5.32 Å². The number of aromatic nitrogens is 1. The van der Waals surface area contributed by atoms with Crippen LogP contribution >= 0.6 is 0 Å². The predicted molar refractivity (Wildman–Crippen MR) is 92.3 cm³/mol. The second-order valence-electron chi connectivity index (χ2n) is 5.99. The van der Waals surface area contributed by atoms with Gasteiger partial charge in [0, 0.05) is 17.0 Å². The van der Waals surface area contributed by atoms with Crippen LogP contribution in [0.2, 0.25) is 0 Å². The lowest BCUT2D eigenvalue weighted by Gasteiger charge is -2.02. The SMILES string of the molecule is CC(C)c1nc2cc(NC(=O)c3cc4ccccc4o3)ccc2o1. The van der Waals surface area contributed by atoms with Crippen molar-refractivity contribution < 1.29 is 13.6 Å². The molecule has 120 valence electrons. The normalized spacial score (nSPS) is 11.5. The van der Waals surface area contributed by atoms with Gasteiger partial charge in [-0.1, -0.05) is 32.0 Å². The number of nitrogens with zero attached hydrogens (tertiary/aromatic N) is 1. The van der Waals surface area contributed by atoms with E-state index in [2.05, 4.69) is 10.3 Å². The number of anilines is 1. The fourth-order valence-corrected chi connectivity index (χ4v) is 2.56. The quantitative estimate of drug-likeness (QED) is 0.580. The molecule has 0 spiro atoms. The molecule has 0 aliphatic carbocycles. The Morgan fingerprint density at radius 1 is 1.04 bits per heavy atom. The van der Waals surface area contributed by atoms with E-state index in [9.17, 15) is 4.79 Å². The Balaban J connectivity index is 1.61. The van der Waals surface area contributed by atoms with E-state index < -0.39 is 0 Å². The minimum Gasteiger partial charge on any atom is -0.451 e. The molecule has 0 unspecified atom stereocenters. The van der Waals surface area contributed by atoms with Crippen LogP contribution in [-0.4, -0.2) is 10.9 Å². The third-order valence-electron chi connectivity index (χ3n) is 3.81. The molecule has 4 rings (SSSR count). The summed E-state index contributed by atoms with van der Waals surface area (Å²) in [7, 11) is 0. The molecule has 1 amide bonds. The molecule has 2 aromatic carbocycles. The van der Waals surface area contributed by atoms with Crippen molar-refractivity contribution >= 4 is 33.7 Å². The summed E-state index contributed by atoms with van der Waals surface area (Å²) in [5.74, 6) is 0.884. The average molecular weight is 320 g/mol. The van der Waals surface area contributed by atoms with E-state index in [-0.39, 0.29) is 17.6 Å². The Morgan fingerprint density at radius 2 is 1.88 bits per heavy atom. The molecule has 5 heteroatoms. The summed E-state index contributed by atoms with van der Waals surface area (Å²) in [5.41, 5.74) is 2.77. The molecule has 0 fully saturated rings. The van der Waals surface area contributed by atoms with Gasteiger partial charge in [-0.15, -0.1) is 0 Å². The summed E-state index contributed by atoms with van der Waals surface area (Å²) in [6, 6.07) is 14.6. The van der Waals surface area contributed by atoms with Crippen molar-refractivity contribution in [2.24, 2.45) is 0 Å². The van der Waals surface area contributed by atoms with Crippen molar-refractivity contribution in [3.8, 4) is 0 Å². The third kappa shape index (κ3) is 2.54. The maximum atomic E-state index is 12.4. The van der Waals surface area contributed by atoms with E-state index in [0.717, 1.165) is 10.9 Å². The Morgan fingerprint density at radius 3 is 2.67 bits per heavy atom. The number of hydrogen-bond donors (Lipinski definition) is 1. The number of furan rings is 1. The van der Waals surface area contributed by atoms with Crippen LogP contribution in [0.25, 0.3) is 22.1 Å². The fraction of sp³-hybridized carbons (Fsp3) is 0.158. The molecular weight excluding hydrogens is 304 g/mol. The number of nitrogens with one attached hydrogen (secondary N) is 1. The number of carbonyl (C=O) groups is 1. The molecule has 0 bridgehead atoms. The Labute approximate surface area is 138 Å². The van der Waals surface area contributed by atoms with E-state index in [4.69, 9.17) is 8.83 Å². The highest BCUT2D eigenvalue weighted by molar-refractivity contribution is 6.05. The van der Waals surface area contributed by atoms with Crippen LogP contribution in [0.3, 0.4) is 0 Å². The number of para-hydroxylation sites is 1. The number of hydrogen-bond acceptors (Lipinski definition) is 4. The highest BCUT2D eigenvalue weighted by Crippen LogP contribution is 2.25. The summed E-state index contributed by atoms with van der Waals surface area (Å²) < 4.78 is 11.3. The molecule has 0 saturated heterocycles. The molecule has 0 radical (unpaired) electrons. The van der Waals surface area contributed by atoms with E-state index >= 15 is 0 Å². The van der Waals surface area contributed by atoms with Crippen LogP contribution in [0.15, 0.2) is 57.4 Å². The molecule has 0 saturated carbocycles. The van der Waals surface area contributed by atoms with Crippen LogP contribution in [0, 0.1) is 0 Å². The smallest absolute Gasteiger partial charge is 0.291 e. The van der Waals surface area contributed by atoms with Gasteiger partial charge in [0.1, 0.15) is 11.1 Å². The van der Waals surface area contributed by atoms with Gasteiger partial charge in [0.25, 0.3) is 5.91 Å². The second-order valence-corrected chi connectivity index (χ2v) is 5.99. The Kier molecular flexibility index (Phi) is 3.34. The predicted octanol–water partition coefficient (Wildman–Crippen LogP) is 4.95. The van der Waals surface area contributed by atoms with Crippen molar-refractivity contribution in [2.45, 2.75) is 19.8 Å². The molecular formula is C19H16N2O3. The van der Waals surface area contributed by atoms with Gasteiger partial charge in [0.05, 0.1) is 0 Å². The standard InChI is InChI=1S/C19H16N2O3/c1-11(2)19-21-14-10-13(7-8-16(14)24-19)20-18(22)17-9-12-5-3-4-6-15(12)23-17/h3-11H,1-2H3,(H,20,22). The minimum absolute atomic E-state index is 0.214. The molecule has 5 nitrogen and oxygen atoms in total. The van der Waals surface area contributed by atoms with Crippen LogP contribution in [0.5, 0.6) is 0 Å². The highest BCUT2D eigenvalue weighted by Gasteiger charge is 2.14. The van der Waals surface area contributed by atoms with Gasteiger partial charge in [0.2, 0.25) is 0 Å². The topological polar surface area (TPSA) is 68.3 Å². The minimum atomic E-state index is -0.293. The lowest BCUT2D eigenvalue weighted by molar-refractivity contribution is 0.0998. The Hall–Kier alpha value is -3.08. The van der Waals surface area contributed by atoms with Gasteiger partial charge >= 0.3 is 0 Å². The van der Waals surface area contributed by atoms with Crippen molar-refractivity contribution in [1.82, 2.24) is 4.98 Å². The summed E-state index contributed by atoms with van der Waals surface area (Å²) in [6.45, 7) is 4.05. The highest BCUT2D eigenvalue weighted by atomic mass is 16.4. The summed E-state index contributed by atoms with van der Waals surface area (Å²) in [4.78, 5) is 16.8. The molecule has 24 heavy (non-hydrogen) atoms. The van der Waals surface area contributed by atoms with Gasteiger partial charge < -0.3 is 14.2 Å². The first-order chi connectivity index (χ1) is 11.6. The fourth-order valence-electron chi connectivity index (χ4n) is 2.56. The van der Waals surface area contributed by atoms with Crippen molar-refractivity contribution in [1.29, 1.82) is 0 Å². The first kappa shape index (κ1) is 14.5. The van der Waals surface area contributed by atoms with Crippen molar-refractivity contribution in [3.05, 3.63) is 60.2 Å². The van der Waals surface area contributed by atoms with Gasteiger partial charge in [-0.25, -0.2) is 4.98 Å². The van der Waals surface area contributed by atoms with E-state index in [1.807, 2.05) is 44.2 Å². The average Bonchev–Trinajstić information content (AvgIpc) is 3.18. The molecule has 2 aromatic heterocycles. The summed E-state index contributed by atoms with van der Waals surface area (Å²) in [6.07, 6.45) is 0. The molecule has 1 N–H and O–H groups in total. The number of carbonyl (C=O) groups excluding carboxylic acids is 1. The number of oxazole rings is 1. The van der Waals surface area contributed by atoms with Crippen LogP contribution in [0.4, 0.5) is 5.69 Å². The van der Waals surface area contributed by atoms with Crippen LogP contribution in [-0.2, 0) is 0 Å². The first-order valence-corrected chi connectivity index (χ1v) is 7.80. The maximum Gasteiger partial charge on any atom is 0.291 e. The number of benzene rings is 2. The third-order valence-corrected chi connectivity index (χ3v) is 3.81. The van der Waals surface area contributed by atoms with Crippen molar-refractivity contribution in [3.63, 3.8) is 0 Å². The number of amides is 1. The van der Waals surface area contributed by atoms with Crippen LogP contribution < -0.4 is 5.32 Å². The lowest BCUT2D eigenvalue weighted by atomic mass is 10.2. The molecule has 2 heterocycles. The first-order valence-electron chi connectivity index (χ1n) is 7.80. The van der Waals surface area contributed by atoms with Gasteiger partial charge in [-0.2, -0.15) is 0 Å². The zero-order valence-electron chi connectivity index (χ0n) is 13.4. The zero-order valence-corrected chi connectivity index (χ0v) is 13.4. The van der Waals surface area contributed by atoms with Gasteiger partial charge in [0.15, 0.2) is 17.2 Å². The maximum absolute atomic E-state index is 12.4. The van der Waals surface area contributed by atoms with E-state index in [1.54, 1.807) is 18.2 Å².